The minimum Gasteiger partial charge on any atom is -0.497 e. The number of hydrogen-bond acceptors (Lipinski definition) is 5. The third-order valence-corrected chi connectivity index (χ3v) is 4.60. The predicted molar refractivity (Wildman–Crippen MR) is 85.7 cm³/mol. The van der Waals surface area contributed by atoms with Crippen LogP contribution >= 0.6 is 0 Å². The molecule has 0 N–H and O–H groups in total. The van der Waals surface area contributed by atoms with E-state index in [0.717, 1.165) is 57.3 Å². The average molecular weight is 306 g/mol. The number of rotatable bonds is 6. The molecule has 0 bridgehead atoms. The molecule has 122 valence electrons. The lowest BCUT2D eigenvalue weighted by atomic mass is 10.1. The second-order valence-electron chi connectivity index (χ2n) is 6.09. The largest absolute Gasteiger partial charge is 0.497 e. The molecular formula is C17H26N2O3. The molecule has 22 heavy (non-hydrogen) atoms. The van der Waals surface area contributed by atoms with Gasteiger partial charge in [0.15, 0.2) is 0 Å². The van der Waals surface area contributed by atoms with Gasteiger partial charge in [-0.05, 0) is 37.7 Å². The van der Waals surface area contributed by atoms with Gasteiger partial charge in [-0.15, -0.1) is 0 Å². The Labute approximate surface area is 132 Å². The molecule has 2 atom stereocenters. The molecule has 2 heterocycles. The van der Waals surface area contributed by atoms with Crippen molar-refractivity contribution in [2.75, 3.05) is 53.6 Å². The number of benzene rings is 1. The molecule has 0 amide bonds. The lowest BCUT2D eigenvalue weighted by Gasteiger charge is -2.33. The van der Waals surface area contributed by atoms with E-state index in [1.807, 2.05) is 24.3 Å². The molecule has 5 nitrogen and oxygen atoms in total. The van der Waals surface area contributed by atoms with Crippen molar-refractivity contribution >= 4 is 0 Å². The first-order valence-corrected chi connectivity index (χ1v) is 8.07. The van der Waals surface area contributed by atoms with Crippen LogP contribution in [0.1, 0.15) is 6.42 Å². The zero-order valence-electron chi connectivity index (χ0n) is 13.5. The predicted octanol–water partition coefficient (Wildman–Crippen LogP) is 1.48. The highest BCUT2D eigenvalue weighted by molar-refractivity contribution is 5.31. The SMILES string of the molecule is COc1ccc(OCCCN2CC3OCCN(C)C3C2)cc1. The minimum absolute atomic E-state index is 0.390. The van der Waals surface area contributed by atoms with Gasteiger partial charge in [-0.25, -0.2) is 0 Å². The molecule has 2 aliphatic heterocycles. The summed E-state index contributed by atoms with van der Waals surface area (Å²) in [5, 5.41) is 0. The molecule has 2 aliphatic rings. The maximum Gasteiger partial charge on any atom is 0.119 e. The highest BCUT2D eigenvalue weighted by Crippen LogP contribution is 2.22. The van der Waals surface area contributed by atoms with Gasteiger partial charge in [0, 0.05) is 32.2 Å². The fourth-order valence-electron chi connectivity index (χ4n) is 3.27. The molecular weight excluding hydrogens is 280 g/mol. The number of methoxy groups -OCH3 is 1. The van der Waals surface area contributed by atoms with E-state index >= 15 is 0 Å². The molecule has 2 saturated heterocycles. The standard InChI is InChI=1S/C17H26N2O3/c1-18-9-11-22-17-13-19(12-16(17)18)8-3-10-21-15-6-4-14(20-2)5-7-15/h4-7,16-17H,3,8-13H2,1-2H3. The first-order valence-electron chi connectivity index (χ1n) is 8.07. The summed E-state index contributed by atoms with van der Waals surface area (Å²) in [4.78, 5) is 4.93. The molecule has 1 aromatic rings. The zero-order chi connectivity index (χ0) is 15.4. The summed E-state index contributed by atoms with van der Waals surface area (Å²) in [7, 11) is 3.88. The third-order valence-electron chi connectivity index (χ3n) is 4.60. The van der Waals surface area contributed by atoms with E-state index in [9.17, 15) is 0 Å². The fraction of sp³-hybridized carbons (Fsp3) is 0.647. The summed E-state index contributed by atoms with van der Waals surface area (Å²) < 4.78 is 16.8. The Hall–Kier alpha value is -1.30. The molecule has 3 rings (SSSR count). The first kappa shape index (κ1) is 15.6. The topological polar surface area (TPSA) is 34.2 Å². The van der Waals surface area contributed by atoms with Crippen LogP contribution in [-0.4, -0.2) is 75.5 Å². The maximum atomic E-state index is 5.87. The van der Waals surface area contributed by atoms with Crippen molar-refractivity contribution in [2.24, 2.45) is 0 Å². The van der Waals surface area contributed by atoms with Gasteiger partial charge < -0.3 is 14.2 Å². The second-order valence-corrected chi connectivity index (χ2v) is 6.09. The number of likely N-dealkylation sites (N-methyl/N-ethyl adjacent to an activating group) is 1. The van der Waals surface area contributed by atoms with E-state index in [-0.39, 0.29) is 0 Å². The van der Waals surface area contributed by atoms with E-state index < -0.39 is 0 Å². The van der Waals surface area contributed by atoms with Crippen LogP contribution in [0.3, 0.4) is 0 Å². The quantitative estimate of drug-likeness (QED) is 0.744. The van der Waals surface area contributed by atoms with E-state index in [1.165, 1.54) is 0 Å². The molecule has 0 saturated carbocycles. The third kappa shape index (κ3) is 3.72. The van der Waals surface area contributed by atoms with Gasteiger partial charge >= 0.3 is 0 Å². The highest BCUT2D eigenvalue weighted by atomic mass is 16.5. The average Bonchev–Trinajstić information content (AvgIpc) is 2.97. The van der Waals surface area contributed by atoms with Gasteiger partial charge in [-0.1, -0.05) is 0 Å². The van der Waals surface area contributed by atoms with Crippen molar-refractivity contribution < 1.29 is 14.2 Å². The van der Waals surface area contributed by atoms with Gasteiger partial charge in [0.25, 0.3) is 0 Å². The van der Waals surface area contributed by atoms with Gasteiger partial charge in [0.1, 0.15) is 11.5 Å². The Morgan fingerprint density at radius 2 is 1.95 bits per heavy atom. The van der Waals surface area contributed by atoms with E-state index in [2.05, 4.69) is 16.8 Å². The molecule has 5 heteroatoms. The van der Waals surface area contributed by atoms with Crippen LogP contribution in [0, 0.1) is 0 Å². The summed E-state index contributed by atoms with van der Waals surface area (Å²) in [6, 6.07) is 8.32. The molecule has 1 aromatic carbocycles. The van der Waals surface area contributed by atoms with Crippen LogP contribution in [0.25, 0.3) is 0 Å². The van der Waals surface area contributed by atoms with Crippen molar-refractivity contribution in [3.8, 4) is 11.5 Å². The first-order chi connectivity index (χ1) is 10.8. The zero-order valence-corrected chi connectivity index (χ0v) is 13.5. The van der Waals surface area contributed by atoms with E-state index in [0.29, 0.717) is 12.1 Å². The summed E-state index contributed by atoms with van der Waals surface area (Å²) >= 11 is 0. The van der Waals surface area contributed by atoms with Crippen molar-refractivity contribution in [2.45, 2.75) is 18.6 Å². The van der Waals surface area contributed by atoms with Crippen molar-refractivity contribution in [1.29, 1.82) is 0 Å². The molecule has 0 spiro atoms. The van der Waals surface area contributed by atoms with Gasteiger partial charge in [0.05, 0.1) is 26.4 Å². The summed E-state index contributed by atoms with van der Waals surface area (Å²) in [5.74, 6) is 1.76. The van der Waals surface area contributed by atoms with Crippen LogP contribution in [0.15, 0.2) is 24.3 Å². The highest BCUT2D eigenvalue weighted by Gasteiger charge is 2.37. The molecule has 2 unspecified atom stereocenters. The lowest BCUT2D eigenvalue weighted by Crippen LogP contribution is -2.48. The lowest BCUT2D eigenvalue weighted by molar-refractivity contribution is -0.0369. The van der Waals surface area contributed by atoms with E-state index in [1.54, 1.807) is 7.11 Å². The Balaban J connectivity index is 1.36. The monoisotopic (exact) mass is 306 g/mol. The second kappa shape index (κ2) is 7.31. The number of fused-ring (bicyclic) bond motifs is 1. The fourth-order valence-corrected chi connectivity index (χ4v) is 3.27. The molecule has 0 aliphatic carbocycles. The molecule has 2 fully saturated rings. The van der Waals surface area contributed by atoms with Gasteiger partial charge in [0.2, 0.25) is 0 Å². The number of morpholine rings is 1. The van der Waals surface area contributed by atoms with E-state index in [4.69, 9.17) is 14.2 Å². The van der Waals surface area contributed by atoms with Gasteiger partial charge in [-0.3, -0.25) is 9.80 Å². The van der Waals surface area contributed by atoms with Crippen LogP contribution < -0.4 is 9.47 Å². The summed E-state index contributed by atoms with van der Waals surface area (Å²) in [6.07, 6.45) is 1.43. The Morgan fingerprint density at radius 1 is 1.18 bits per heavy atom. The number of ether oxygens (including phenoxy) is 3. The summed E-state index contributed by atoms with van der Waals surface area (Å²) in [6.45, 7) is 5.90. The molecule has 0 aromatic heterocycles. The normalized spacial score (nSPS) is 25.9. The number of likely N-dealkylation sites (tertiary alicyclic amines) is 1. The maximum absolute atomic E-state index is 5.87. The molecule has 0 radical (unpaired) electrons. The minimum atomic E-state index is 0.390. The van der Waals surface area contributed by atoms with Crippen molar-refractivity contribution in [1.82, 2.24) is 9.80 Å². The Bertz CT molecular complexity index is 465. The van der Waals surface area contributed by atoms with Crippen LogP contribution in [0.4, 0.5) is 0 Å². The Kier molecular flexibility index (Phi) is 5.18. The Morgan fingerprint density at radius 3 is 2.68 bits per heavy atom. The van der Waals surface area contributed by atoms with Crippen LogP contribution in [0.5, 0.6) is 11.5 Å². The van der Waals surface area contributed by atoms with Crippen molar-refractivity contribution in [3.63, 3.8) is 0 Å². The van der Waals surface area contributed by atoms with Gasteiger partial charge in [-0.2, -0.15) is 0 Å². The van der Waals surface area contributed by atoms with Crippen molar-refractivity contribution in [3.05, 3.63) is 24.3 Å². The van der Waals surface area contributed by atoms with Crippen LogP contribution in [-0.2, 0) is 4.74 Å². The smallest absolute Gasteiger partial charge is 0.119 e. The van der Waals surface area contributed by atoms with Crippen LogP contribution in [0.2, 0.25) is 0 Å². The summed E-state index contributed by atoms with van der Waals surface area (Å²) in [5.41, 5.74) is 0. The number of nitrogens with zero attached hydrogens (tertiary/aromatic N) is 2. The number of hydrogen-bond donors (Lipinski definition) is 0.